The maximum Gasteiger partial charge on any atom is 0.335 e. The van der Waals surface area contributed by atoms with Crippen molar-refractivity contribution in [1.82, 2.24) is 10.2 Å². The Kier molecular flexibility index (Phi) is 13.5. The van der Waals surface area contributed by atoms with Crippen molar-refractivity contribution in [3.8, 4) is 0 Å². The maximum absolute atomic E-state index is 12.2. The molecule has 2 atom stereocenters. The number of hydrogen-bond donors (Lipinski definition) is 1. The Morgan fingerprint density at radius 2 is 2.17 bits per heavy atom. The number of cyclic esters (lactones) is 1. The third-order valence-corrected chi connectivity index (χ3v) is 3.28. The Bertz CT molecular complexity index is 397. The molecule has 0 saturated carbocycles. The van der Waals surface area contributed by atoms with Gasteiger partial charge in [0.25, 0.3) is 0 Å². The van der Waals surface area contributed by atoms with Crippen molar-refractivity contribution >= 4 is 43.2 Å². The summed E-state index contributed by atoms with van der Waals surface area (Å²) in [5, 5.41) is 5.46. The molecular formula is C14H27Cl2FN4O2. The van der Waals surface area contributed by atoms with Crippen LogP contribution in [0.4, 0.5) is 4.48 Å². The van der Waals surface area contributed by atoms with Crippen molar-refractivity contribution in [2.75, 3.05) is 33.7 Å². The molecule has 0 fully saturated rings. The molecule has 0 aromatic rings. The number of aliphatic imine (C=N–C) groups is 1. The fourth-order valence-electron chi connectivity index (χ4n) is 2.35. The Morgan fingerprint density at radius 1 is 1.48 bits per heavy atom. The molecule has 0 aliphatic carbocycles. The minimum absolute atomic E-state index is 0. The second-order valence-corrected chi connectivity index (χ2v) is 5.60. The molecule has 1 aliphatic heterocycles. The largest absolute Gasteiger partial charge is 0.455 e. The molecule has 0 bridgehead atoms. The minimum Gasteiger partial charge on any atom is -0.455 e. The van der Waals surface area contributed by atoms with Crippen LogP contribution in [0.3, 0.4) is 0 Å². The number of esters is 1. The number of rotatable bonds is 9. The lowest BCUT2D eigenvalue weighted by molar-refractivity contribution is -0.154. The number of halogens is 3. The predicted molar refractivity (Wildman–Crippen MR) is 96.1 cm³/mol. The average Bonchev–Trinajstić information content (AvgIpc) is 2.41. The summed E-state index contributed by atoms with van der Waals surface area (Å²) >= 11 is 0. The number of carbonyl (C=O) groups is 1. The SMILES string of the molecule is CC1C=NC(CCCCNCC=NF)(CN(C)C)C(=O)O1.Cl.Cl. The fraction of sp³-hybridized carbons (Fsp3) is 0.786. The first kappa shape index (κ1) is 24.5. The summed E-state index contributed by atoms with van der Waals surface area (Å²) in [4.78, 5) is 18.7. The van der Waals surface area contributed by atoms with Crippen molar-refractivity contribution in [2.24, 2.45) is 10.2 Å². The van der Waals surface area contributed by atoms with Gasteiger partial charge in [0, 0.05) is 19.3 Å². The van der Waals surface area contributed by atoms with Crippen molar-refractivity contribution in [1.29, 1.82) is 0 Å². The van der Waals surface area contributed by atoms with Crippen molar-refractivity contribution < 1.29 is 14.0 Å². The van der Waals surface area contributed by atoms with Crippen LogP contribution in [-0.2, 0) is 9.53 Å². The van der Waals surface area contributed by atoms with E-state index in [-0.39, 0.29) is 36.9 Å². The first-order valence-electron chi connectivity index (χ1n) is 7.25. The normalized spacial score (nSPS) is 23.5. The van der Waals surface area contributed by atoms with Crippen LogP contribution in [-0.4, -0.2) is 68.7 Å². The molecule has 23 heavy (non-hydrogen) atoms. The van der Waals surface area contributed by atoms with Crippen molar-refractivity contribution in [3.05, 3.63) is 0 Å². The summed E-state index contributed by atoms with van der Waals surface area (Å²) in [6.07, 6.45) is 5.00. The van der Waals surface area contributed by atoms with Crippen LogP contribution in [0.2, 0.25) is 0 Å². The van der Waals surface area contributed by atoms with Crippen LogP contribution < -0.4 is 5.32 Å². The summed E-state index contributed by atoms with van der Waals surface area (Å²) in [6, 6.07) is 0. The molecule has 0 amide bonds. The highest BCUT2D eigenvalue weighted by molar-refractivity contribution is 5.88. The molecule has 0 radical (unpaired) electrons. The van der Waals surface area contributed by atoms with Gasteiger partial charge in [-0.05, 0) is 46.8 Å². The van der Waals surface area contributed by atoms with Crippen LogP contribution in [0.25, 0.3) is 0 Å². The number of ether oxygens (including phenoxy) is 1. The lowest BCUT2D eigenvalue weighted by Crippen LogP contribution is -2.50. The second-order valence-electron chi connectivity index (χ2n) is 5.60. The molecule has 1 aliphatic rings. The smallest absolute Gasteiger partial charge is 0.335 e. The highest BCUT2D eigenvalue weighted by Crippen LogP contribution is 2.25. The van der Waals surface area contributed by atoms with E-state index in [0.29, 0.717) is 19.5 Å². The average molecular weight is 373 g/mol. The van der Waals surface area contributed by atoms with Crippen LogP contribution in [0.1, 0.15) is 26.2 Å². The van der Waals surface area contributed by atoms with Crippen LogP contribution in [0, 0.1) is 0 Å². The lowest BCUT2D eigenvalue weighted by atomic mass is 9.91. The maximum atomic E-state index is 12.2. The van der Waals surface area contributed by atoms with E-state index in [2.05, 4.69) is 15.5 Å². The number of nitrogens with one attached hydrogen (secondary N) is 1. The number of carbonyl (C=O) groups excluding carboxylic acids is 1. The standard InChI is InChI=1S/C14H25FN4O2.2ClH/c1-12-10-17-14(11-19(2)3,13(20)21-12)6-4-5-7-16-8-9-18-15;;/h9-10,12,16H,4-8,11H2,1-3H3;2*1H. The van der Waals surface area contributed by atoms with Gasteiger partial charge in [-0.2, -0.15) is 0 Å². The number of likely N-dealkylation sites (N-methyl/N-ethyl adjacent to an activating group) is 1. The zero-order valence-electron chi connectivity index (χ0n) is 13.8. The van der Waals surface area contributed by atoms with Gasteiger partial charge in [0.05, 0.1) is 6.21 Å². The molecule has 1 rings (SSSR count). The van der Waals surface area contributed by atoms with Crippen molar-refractivity contribution in [2.45, 2.75) is 37.8 Å². The van der Waals surface area contributed by atoms with Crippen LogP contribution in [0.15, 0.2) is 10.2 Å². The summed E-state index contributed by atoms with van der Waals surface area (Å²) in [7, 11) is 3.83. The first-order valence-corrected chi connectivity index (χ1v) is 7.25. The topological polar surface area (TPSA) is 66.3 Å². The van der Waals surface area contributed by atoms with Gasteiger partial charge >= 0.3 is 5.97 Å². The summed E-state index contributed by atoms with van der Waals surface area (Å²) in [6.45, 7) is 3.50. The Morgan fingerprint density at radius 3 is 2.74 bits per heavy atom. The molecule has 0 saturated heterocycles. The lowest BCUT2D eigenvalue weighted by Gasteiger charge is -2.34. The van der Waals surface area contributed by atoms with E-state index in [4.69, 9.17) is 4.74 Å². The van der Waals surface area contributed by atoms with Crippen molar-refractivity contribution in [3.63, 3.8) is 0 Å². The van der Waals surface area contributed by atoms with E-state index >= 15 is 0 Å². The second kappa shape index (κ2) is 12.6. The molecule has 1 heterocycles. The number of nitrogens with zero attached hydrogens (tertiary/aromatic N) is 3. The van der Waals surface area contributed by atoms with Gasteiger partial charge in [-0.3, -0.25) is 4.99 Å². The zero-order chi connectivity index (χ0) is 15.7. The van der Waals surface area contributed by atoms with Gasteiger partial charge < -0.3 is 15.0 Å². The van der Waals surface area contributed by atoms with Crippen LogP contribution >= 0.6 is 24.8 Å². The molecule has 1 N–H and O–H groups in total. The van der Waals surface area contributed by atoms with E-state index in [1.807, 2.05) is 19.0 Å². The third-order valence-electron chi connectivity index (χ3n) is 3.28. The number of hydrogen-bond acceptors (Lipinski definition) is 6. The molecular weight excluding hydrogens is 346 g/mol. The van der Waals surface area contributed by atoms with Gasteiger partial charge in [-0.25, -0.2) is 4.79 Å². The summed E-state index contributed by atoms with van der Waals surface area (Å²) < 4.78 is 16.8. The highest BCUT2D eigenvalue weighted by atomic mass is 35.5. The Labute approximate surface area is 149 Å². The van der Waals surface area contributed by atoms with Gasteiger partial charge in [-0.15, -0.1) is 24.8 Å². The van der Waals surface area contributed by atoms with E-state index < -0.39 is 5.54 Å². The van der Waals surface area contributed by atoms with Gasteiger partial charge in [0.15, 0.2) is 5.54 Å². The quantitative estimate of drug-likeness (QED) is 0.381. The number of unbranched alkanes of at least 4 members (excludes halogenated alkanes) is 1. The molecule has 2 unspecified atom stereocenters. The molecule has 0 aromatic heterocycles. The Hall–Kier alpha value is -0.760. The molecule has 0 spiro atoms. The van der Waals surface area contributed by atoms with E-state index in [1.165, 1.54) is 6.21 Å². The fourth-order valence-corrected chi connectivity index (χ4v) is 2.35. The third kappa shape index (κ3) is 8.60. The molecule has 0 aromatic carbocycles. The minimum atomic E-state index is -0.795. The van der Waals surface area contributed by atoms with Crippen LogP contribution in [0.5, 0.6) is 0 Å². The molecule has 6 nitrogen and oxygen atoms in total. The monoisotopic (exact) mass is 372 g/mol. The first-order chi connectivity index (χ1) is 10.00. The van der Waals surface area contributed by atoms with E-state index in [1.54, 1.807) is 13.1 Å². The predicted octanol–water partition coefficient (Wildman–Crippen LogP) is 1.86. The summed E-state index contributed by atoms with van der Waals surface area (Å²) in [5.41, 5.74) is -0.795. The zero-order valence-corrected chi connectivity index (χ0v) is 15.5. The Balaban J connectivity index is 0. The molecule has 136 valence electrons. The van der Waals surface area contributed by atoms with Gasteiger partial charge in [0.1, 0.15) is 6.10 Å². The van der Waals surface area contributed by atoms with E-state index in [9.17, 15) is 9.28 Å². The van der Waals surface area contributed by atoms with E-state index in [0.717, 1.165) is 19.4 Å². The highest BCUT2D eigenvalue weighted by Gasteiger charge is 2.42. The summed E-state index contributed by atoms with van der Waals surface area (Å²) in [5.74, 6) is -0.247. The van der Waals surface area contributed by atoms with Gasteiger partial charge in [-0.1, -0.05) is 9.70 Å². The van der Waals surface area contributed by atoms with Gasteiger partial charge in [0.2, 0.25) is 0 Å². The molecule has 9 heteroatoms.